The van der Waals surface area contributed by atoms with Crippen molar-refractivity contribution in [3.05, 3.63) is 11.6 Å². The Labute approximate surface area is 97.0 Å². The zero-order chi connectivity index (χ0) is 13.1. The first-order valence-electron chi connectivity index (χ1n) is 5.41. The molecule has 0 heterocycles. The molecule has 2 N–H and O–H groups in total. The SMILES string of the molecule is CC(C)CC(=O)O.CCCC(C)=CC(=O)O. The van der Waals surface area contributed by atoms with Crippen LogP contribution in [0.5, 0.6) is 0 Å². The molecule has 0 aliphatic heterocycles. The standard InChI is InChI=1S/C7H12O2.C5H10O2/c1-3-4-6(2)5-7(8)9;1-4(2)3-5(6)7/h5H,3-4H2,1-2H3,(H,8,9);4H,3H2,1-2H3,(H,6,7). The van der Waals surface area contributed by atoms with E-state index in [4.69, 9.17) is 10.2 Å². The summed E-state index contributed by atoms with van der Waals surface area (Å²) in [5.41, 5.74) is 0.935. The lowest BCUT2D eigenvalue weighted by Gasteiger charge is -1.94. The Kier molecular flexibility index (Phi) is 10.9. The van der Waals surface area contributed by atoms with Gasteiger partial charge >= 0.3 is 11.9 Å². The van der Waals surface area contributed by atoms with Crippen LogP contribution in [0, 0.1) is 5.92 Å². The minimum atomic E-state index is -0.846. The van der Waals surface area contributed by atoms with E-state index in [0.717, 1.165) is 18.4 Å². The van der Waals surface area contributed by atoms with Gasteiger partial charge in [-0.1, -0.05) is 32.8 Å². The highest BCUT2D eigenvalue weighted by molar-refractivity contribution is 5.80. The minimum Gasteiger partial charge on any atom is -0.481 e. The van der Waals surface area contributed by atoms with Gasteiger partial charge in [0.15, 0.2) is 0 Å². The molecule has 16 heavy (non-hydrogen) atoms. The van der Waals surface area contributed by atoms with Crippen molar-refractivity contribution in [3.8, 4) is 0 Å². The lowest BCUT2D eigenvalue weighted by atomic mass is 10.1. The molecular formula is C12H22O4. The average molecular weight is 230 g/mol. The molecule has 4 nitrogen and oxygen atoms in total. The Bertz CT molecular complexity index is 241. The predicted octanol–water partition coefficient (Wildman–Crippen LogP) is 2.93. The van der Waals surface area contributed by atoms with Crippen LogP contribution in [0.4, 0.5) is 0 Å². The third-order valence-corrected chi connectivity index (χ3v) is 1.60. The molecule has 4 heteroatoms. The van der Waals surface area contributed by atoms with Gasteiger partial charge in [0.25, 0.3) is 0 Å². The molecule has 0 aliphatic carbocycles. The van der Waals surface area contributed by atoms with E-state index in [-0.39, 0.29) is 12.3 Å². The molecule has 0 aromatic carbocycles. The summed E-state index contributed by atoms with van der Waals surface area (Å²) in [5, 5.41) is 16.3. The first-order chi connectivity index (χ1) is 7.29. The molecule has 0 fully saturated rings. The normalized spacial score (nSPS) is 10.7. The molecule has 0 saturated carbocycles. The third kappa shape index (κ3) is 18.5. The van der Waals surface area contributed by atoms with Crippen molar-refractivity contribution in [2.45, 2.75) is 47.0 Å². The number of carboxylic acid groups (broad SMARTS) is 2. The Hall–Kier alpha value is -1.32. The van der Waals surface area contributed by atoms with Gasteiger partial charge in [0.2, 0.25) is 0 Å². The van der Waals surface area contributed by atoms with Crippen LogP contribution in [0.15, 0.2) is 11.6 Å². The van der Waals surface area contributed by atoms with Gasteiger partial charge in [0.05, 0.1) is 0 Å². The quantitative estimate of drug-likeness (QED) is 0.712. The largest absolute Gasteiger partial charge is 0.481 e. The lowest BCUT2D eigenvalue weighted by Crippen LogP contribution is -1.99. The van der Waals surface area contributed by atoms with Crippen LogP contribution in [0.1, 0.15) is 47.0 Å². The summed E-state index contributed by atoms with van der Waals surface area (Å²) >= 11 is 0. The van der Waals surface area contributed by atoms with E-state index >= 15 is 0 Å². The van der Waals surface area contributed by atoms with Crippen molar-refractivity contribution < 1.29 is 19.8 Å². The highest BCUT2D eigenvalue weighted by Gasteiger charge is 1.98. The van der Waals surface area contributed by atoms with Gasteiger partial charge in [-0.25, -0.2) is 4.79 Å². The molecule has 0 aromatic rings. The topological polar surface area (TPSA) is 74.6 Å². The molecule has 94 valence electrons. The van der Waals surface area contributed by atoms with Gasteiger partial charge in [-0.05, 0) is 19.3 Å². The summed E-state index contributed by atoms with van der Waals surface area (Å²) in [4.78, 5) is 19.8. The van der Waals surface area contributed by atoms with Crippen molar-refractivity contribution in [1.82, 2.24) is 0 Å². The fourth-order valence-corrected chi connectivity index (χ4v) is 1.03. The maximum Gasteiger partial charge on any atom is 0.328 e. The average Bonchev–Trinajstić information content (AvgIpc) is 2.00. The van der Waals surface area contributed by atoms with Crippen molar-refractivity contribution >= 4 is 11.9 Å². The number of aliphatic carboxylic acids is 2. The summed E-state index contributed by atoms with van der Waals surface area (Å²) in [5.74, 6) is -1.28. The Morgan fingerprint density at radius 1 is 1.25 bits per heavy atom. The van der Waals surface area contributed by atoms with Crippen molar-refractivity contribution in [2.24, 2.45) is 5.92 Å². The second-order valence-corrected chi connectivity index (χ2v) is 4.07. The van der Waals surface area contributed by atoms with Crippen LogP contribution < -0.4 is 0 Å². The van der Waals surface area contributed by atoms with E-state index < -0.39 is 11.9 Å². The molecule has 0 rings (SSSR count). The van der Waals surface area contributed by atoms with Crippen molar-refractivity contribution in [1.29, 1.82) is 0 Å². The molecule has 0 amide bonds. The van der Waals surface area contributed by atoms with Gasteiger partial charge in [-0.15, -0.1) is 0 Å². The number of rotatable bonds is 5. The Morgan fingerprint density at radius 2 is 1.75 bits per heavy atom. The van der Waals surface area contributed by atoms with E-state index in [1.54, 1.807) is 0 Å². The van der Waals surface area contributed by atoms with Crippen LogP contribution in [0.3, 0.4) is 0 Å². The number of carbonyl (C=O) groups is 2. The van der Waals surface area contributed by atoms with Crippen LogP contribution in [-0.4, -0.2) is 22.2 Å². The van der Waals surface area contributed by atoms with E-state index in [1.807, 2.05) is 27.7 Å². The fourth-order valence-electron chi connectivity index (χ4n) is 1.03. The molecule has 0 radical (unpaired) electrons. The van der Waals surface area contributed by atoms with Gasteiger partial charge in [-0.2, -0.15) is 0 Å². The lowest BCUT2D eigenvalue weighted by molar-refractivity contribution is -0.137. The van der Waals surface area contributed by atoms with Gasteiger partial charge < -0.3 is 10.2 Å². The summed E-state index contributed by atoms with van der Waals surface area (Å²) in [7, 11) is 0. The van der Waals surface area contributed by atoms with E-state index in [9.17, 15) is 9.59 Å². The molecule has 0 saturated heterocycles. The van der Waals surface area contributed by atoms with Crippen LogP contribution in [0.25, 0.3) is 0 Å². The fraction of sp³-hybridized carbons (Fsp3) is 0.667. The first-order valence-corrected chi connectivity index (χ1v) is 5.41. The maximum atomic E-state index is 10.0. The minimum absolute atomic E-state index is 0.275. The van der Waals surface area contributed by atoms with Crippen LogP contribution >= 0.6 is 0 Å². The van der Waals surface area contributed by atoms with E-state index in [2.05, 4.69) is 0 Å². The maximum absolute atomic E-state index is 10.0. The summed E-state index contributed by atoms with van der Waals surface area (Å²) in [6, 6.07) is 0. The van der Waals surface area contributed by atoms with Gasteiger partial charge in [0, 0.05) is 12.5 Å². The van der Waals surface area contributed by atoms with Crippen LogP contribution in [0.2, 0.25) is 0 Å². The van der Waals surface area contributed by atoms with Gasteiger partial charge in [-0.3, -0.25) is 4.79 Å². The monoisotopic (exact) mass is 230 g/mol. The first kappa shape index (κ1) is 17.1. The highest BCUT2D eigenvalue weighted by atomic mass is 16.4. The molecule has 0 aliphatic rings. The zero-order valence-corrected chi connectivity index (χ0v) is 10.5. The number of hydrogen-bond acceptors (Lipinski definition) is 2. The van der Waals surface area contributed by atoms with E-state index in [1.165, 1.54) is 6.08 Å². The Balaban J connectivity index is 0. The Morgan fingerprint density at radius 3 is 1.94 bits per heavy atom. The third-order valence-electron chi connectivity index (χ3n) is 1.60. The predicted molar refractivity (Wildman–Crippen MR) is 63.4 cm³/mol. The molecule has 0 unspecified atom stereocenters. The summed E-state index contributed by atoms with van der Waals surface area (Å²) in [6.45, 7) is 7.62. The van der Waals surface area contributed by atoms with Crippen LogP contribution in [-0.2, 0) is 9.59 Å². The zero-order valence-electron chi connectivity index (χ0n) is 10.5. The molecule has 0 bridgehead atoms. The molecule has 0 aromatic heterocycles. The number of hydrogen-bond donors (Lipinski definition) is 2. The van der Waals surface area contributed by atoms with Crippen molar-refractivity contribution in [3.63, 3.8) is 0 Å². The smallest absolute Gasteiger partial charge is 0.328 e. The summed E-state index contributed by atoms with van der Waals surface area (Å²) in [6.07, 6.45) is 3.42. The second kappa shape index (κ2) is 10.2. The van der Waals surface area contributed by atoms with Crippen molar-refractivity contribution in [2.75, 3.05) is 0 Å². The number of allylic oxidation sites excluding steroid dienone is 1. The second-order valence-electron chi connectivity index (χ2n) is 4.07. The summed E-state index contributed by atoms with van der Waals surface area (Å²) < 4.78 is 0. The molecule has 0 spiro atoms. The highest BCUT2D eigenvalue weighted by Crippen LogP contribution is 2.01. The van der Waals surface area contributed by atoms with Gasteiger partial charge in [0.1, 0.15) is 0 Å². The van der Waals surface area contributed by atoms with E-state index in [0.29, 0.717) is 0 Å². The molecular weight excluding hydrogens is 208 g/mol. The number of carboxylic acids is 2. The molecule has 0 atom stereocenters.